The van der Waals surface area contributed by atoms with Crippen LogP contribution in [-0.4, -0.2) is 20.1 Å². The molecule has 2 heterocycles. The van der Waals surface area contributed by atoms with Gasteiger partial charge in [0, 0.05) is 24.2 Å². The van der Waals surface area contributed by atoms with Crippen LogP contribution in [0.4, 0.5) is 0 Å². The summed E-state index contributed by atoms with van der Waals surface area (Å²) < 4.78 is 2.03. The summed E-state index contributed by atoms with van der Waals surface area (Å²) in [4.78, 5) is 5.54. The van der Waals surface area contributed by atoms with Crippen molar-refractivity contribution in [2.24, 2.45) is 5.92 Å². The zero-order chi connectivity index (χ0) is 11.9. The number of imidazole rings is 1. The molecule has 1 saturated carbocycles. The fraction of sp³-hybridized carbons (Fsp3) is 0.615. The fourth-order valence-corrected chi connectivity index (χ4v) is 3.36. The molecular weight excluding hydrogens is 232 g/mol. The average molecular weight is 250 g/mol. The van der Waals surface area contributed by atoms with Gasteiger partial charge in [-0.25, -0.2) is 4.98 Å². The van der Waals surface area contributed by atoms with Gasteiger partial charge >= 0.3 is 0 Å². The van der Waals surface area contributed by atoms with E-state index in [2.05, 4.69) is 4.98 Å². The van der Waals surface area contributed by atoms with Gasteiger partial charge in [0.1, 0.15) is 0 Å². The third-order valence-electron chi connectivity index (χ3n) is 3.66. The largest absolute Gasteiger partial charge is 0.390 e. The van der Waals surface area contributed by atoms with Crippen molar-refractivity contribution in [2.45, 2.75) is 44.6 Å². The Bertz CT molecular complexity index is 482. The highest BCUT2D eigenvalue weighted by Gasteiger charge is 2.29. The van der Waals surface area contributed by atoms with E-state index in [1.165, 1.54) is 19.3 Å². The minimum Gasteiger partial charge on any atom is -0.390 e. The molecule has 3 nitrogen and oxygen atoms in total. The Morgan fingerprint density at radius 1 is 1.59 bits per heavy atom. The molecule has 3 rings (SSSR count). The lowest BCUT2D eigenvalue weighted by Gasteiger charge is -2.33. The molecule has 2 aromatic rings. The Morgan fingerprint density at radius 3 is 3.06 bits per heavy atom. The van der Waals surface area contributed by atoms with Crippen molar-refractivity contribution in [3.05, 3.63) is 23.5 Å². The van der Waals surface area contributed by atoms with Gasteiger partial charge in [0.2, 0.25) is 0 Å². The van der Waals surface area contributed by atoms with Gasteiger partial charge in [-0.05, 0) is 19.3 Å². The first-order valence-electron chi connectivity index (χ1n) is 6.26. The van der Waals surface area contributed by atoms with Gasteiger partial charge in [0.25, 0.3) is 0 Å². The Morgan fingerprint density at radius 2 is 2.41 bits per heavy atom. The standard InChI is InChI=1S/C13H18N2OS/c1-13(16,7-10-3-2-4-10)8-11-9-15-5-6-17-12(15)14-11/h5-6,9-10,16H,2-4,7-8H2,1H3. The van der Waals surface area contributed by atoms with Crippen LogP contribution in [0.25, 0.3) is 4.96 Å². The SMILES string of the molecule is CC(O)(Cc1cn2ccsc2n1)CC1CCC1. The molecule has 0 aliphatic heterocycles. The number of hydrogen-bond donors (Lipinski definition) is 1. The second kappa shape index (κ2) is 4.10. The van der Waals surface area contributed by atoms with E-state index in [0.29, 0.717) is 6.42 Å². The Balaban J connectivity index is 1.70. The first kappa shape index (κ1) is 11.2. The van der Waals surface area contributed by atoms with E-state index in [0.717, 1.165) is 23.0 Å². The minimum atomic E-state index is -0.602. The van der Waals surface area contributed by atoms with E-state index in [-0.39, 0.29) is 0 Å². The molecule has 0 aromatic carbocycles. The topological polar surface area (TPSA) is 37.5 Å². The number of thiazole rings is 1. The highest BCUT2D eigenvalue weighted by molar-refractivity contribution is 7.15. The third-order valence-corrected chi connectivity index (χ3v) is 4.43. The quantitative estimate of drug-likeness (QED) is 0.906. The molecule has 1 aliphatic rings. The van der Waals surface area contributed by atoms with Gasteiger partial charge in [0.15, 0.2) is 4.96 Å². The van der Waals surface area contributed by atoms with Crippen LogP contribution in [0.2, 0.25) is 0 Å². The lowest BCUT2D eigenvalue weighted by Crippen LogP contribution is -2.32. The van der Waals surface area contributed by atoms with Crippen LogP contribution in [0, 0.1) is 5.92 Å². The predicted octanol–water partition coefficient (Wildman–Crippen LogP) is 2.88. The molecule has 4 heteroatoms. The predicted molar refractivity (Wildman–Crippen MR) is 69.4 cm³/mol. The van der Waals surface area contributed by atoms with Crippen molar-refractivity contribution in [1.29, 1.82) is 0 Å². The molecule has 1 unspecified atom stereocenters. The molecule has 0 saturated heterocycles. The van der Waals surface area contributed by atoms with Gasteiger partial charge in [-0.2, -0.15) is 0 Å². The van der Waals surface area contributed by atoms with E-state index in [9.17, 15) is 5.11 Å². The van der Waals surface area contributed by atoms with Crippen molar-refractivity contribution in [3.63, 3.8) is 0 Å². The van der Waals surface area contributed by atoms with E-state index in [1.54, 1.807) is 11.3 Å². The van der Waals surface area contributed by atoms with E-state index >= 15 is 0 Å². The lowest BCUT2D eigenvalue weighted by molar-refractivity contribution is 0.0197. The first-order chi connectivity index (χ1) is 8.12. The lowest BCUT2D eigenvalue weighted by atomic mass is 9.77. The number of rotatable bonds is 4. The summed E-state index contributed by atoms with van der Waals surface area (Å²) in [6.07, 6.45) is 9.53. The molecule has 0 spiro atoms. The molecule has 0 bridgehead atoms. The molecule has 0 amide bonds. The van der Waals surface area contributed by atoms with Crippen molar-refractivity contribution >= 4 is 16.3 Å². The smallest absolute Gasteiger partial charge is 0.193 e. The molecule has 1 N–H and O–H groups in total. The minimum absolute atomic E-state index is 0.602. The van der Waals surface area contributed by atoms with Crippen LogP contribution in [0.15, 0.2) is 17.8 Å². The zero-order valence-corrected chi connectivity index (χ0v) is 10.9. The molecule has 1 aliphatic carbocycles. The summed E-state index contributed by atoms with van der Waals surface area (Å²) in [7, 11) is 0. The molecule has 92 valence electrons. The maximum absolute atomic E-state index is 10.4. The monoisotopic (exact) mass is 250 g/mol. The van der Waals surface area contributed by atoms with Gasteiger partial charge in [-0.15, -0.1) is 11.3 Å². The number of aromatic nitrogens is 2. The number of aliphatic hydroxyl groups is 1. The van der Waals surface area contributed by atoms with Crippen molar-refractivity contribution in [1.82, 2.24) is 9.38 Å². The highest BCUT2D eigenvalue weighted by Crippen LogP contribution is 2.34. The Labute approximate surface area is 105 Å². The second-order valence-corrected chi connectivity index (χ2v) is 6.37. The molecule has 1 fully saturated rings. The van der Waals surface area contributed by atoms with Crippen LogP contribution >= 0.6 is 11.3 Å². The van der Waals surface area contributed by atoms with Gasteiger partial charge in [0.05, 0.1) is 11.3 Å². The number of fused-ring (bicyclic) bond motifs is 1. The molecular formula is C13H18N2OS. The van der Waals surface area contributed by atoms with Crippen LogP contribution in [0.1, 0.15) is 38.3 Å². The Hall–Kier alpha value is -0.870. The van der Waals surface area contributed by atoms with Gasteiger partial charge in [-0.1, -0.05) is 19.3 Å². The summed E-state index contributed by atoms with van der Waals surface area (Å²) >= 11 is 1.63. The fourth-order valence-electron chi connectivity index (χ4n) is 2.64. The molecule has 1 atom stereocenters. The van der Waals surface area contributed by atoms with Crippen LogP contribution in [0.5, 0.6) is 0 Å². The highest BCUT2D eigenvalue weighted by atomic mass is 32.1. The van der Waals surface area contributed by atoms with E-state index < -0.39 is 5.60 Å². The number of hydrogen-bond acceptors (Lipinski definition) is 3. The Kier molecular flexibility index (Phi) is 2.71. The normalized spacial score (nSPS) is 20.4. The molecule has 2 aromatic heterocycles. The number of nitrogens with zero attached hydrogens (tertiary/aromatic N) is 2. The van der Waals surface area contributed by atoms with Crippen LogP contribution in [0.3, 0.4) is 0 Å². The van der Waals surface area contributed by atoms with Crippen molar-refractivity contribution in [2.75, 3.05) is 0 Å². The maximum atomic E-state index is 10.4. The average Bonchev–Trinajstić information content (AvgIpc) is 2.71. The van der Waals surface area contributed by atoms with Crippen molar-refractivity contribution < 1.29 is 5.11 Å². The summed E-state index contributed by atoms with van der Waals surface area (Å²) in [5.41, 5.74) is 0.399. The van der Waals surface area contributed by atoms with Gasteiger partial charge in [-0.3, -0.25) is 4.40 Å². The third kappa shape index (κ3) is 2.38. The second-order valence-electron chi connectivity index (χ2n) is 5.50. The van der Waals surface area contributed by atoms with Crippen molar-refractivity contribution in [3.8, 4) is 0 Å². The first-order valence-corrected chi connectivity index (χ1v) is 7.14. The van der Waals surface area contributed by atoms with Crippen LogP contribution < -0.4 is 0 Å². The van der Waals surface area contributed by atoms with Gasteiger partial charge < -0.3 is 5.11 Å². The summed E-state index contributed by atoms with van der Waals surface area (Å²) in [6, 6.07) is 0. The zero-order valence-electron chi connectivity index (χ0n) is 10.1. The summed E-state index contributed by atoms with van der Waals surface area (Å²) in [6.45, 7) is 1.94. The molecule has 0 radical (unpaired) electrons. The summed E-state index contributed by atoms with van der Waals surface area (Å²) in [5, 5.41) is 12.4. The maximum Gasteiger partial charge on any atom is 0.193 e. The summed E-state index contributed by atoms with van der Waals surface area (Å²) in [5.74, 6) is 0.730. The van der Waals surface area contributed by atoms with Crippen LogP contribution in [-0.2, 0) is 6.42 Å². The van der Waals surface area contributed by atoms with E-state index in [4.69, 9.17) is 0 Å². The van der Waals surface area contributed by atoms with E-state index in [1.807, 2.05) is 29.1 Å². The molecule has 17 heavy (non-hydrogen) atoms.